The molecule has 0 aromatic rings. The average Bonchev–Trinajstić information content (AvgIpc) is 1.96. The highest BCUT2D eigenvalue weighted by atomic mass is 15.0. The van der Waals surface area contributed by atoms with Gasteiger partial charge in [0.1, 0.15) is 0 Å². The minimum absolute atomic E-state index is 0.331. The number of nitrogens with one attached hydrogen (secondary N) is 1. The molecule has 0 saturated heterocycles. The van der Waals surface area contributed by atoms with Crippen molar-refractivity contribution >= 4 is 0 Å². The summed E-state index contributed by atoms with van der Waals surface area (Å²) in [4.78, 5) is 0. The van der Waals surface area contributed by atoms with E-state index in [1.54, 1.807) is 0 Å². The Bertz CT molecular complexity index is 150. The Kier molecular flexibility index (Phi) is 3.74. The van der Waals surface area contributed by atoms with Crippen molar-refractivity contribution in [2.24, 2.45) is 11.7 Å². The maximum Gasteiger partial charge on any atom is 0.0167 e. The molecule has 1 saturated carbocycles. The highest BCUT2D eigenvalue weighted by Crippen LogP contribution is 2.30. The van der Waals surface area contributed by atoms with E-state index in [4.69, 9.17) is 5.73 Å². The molecule has 3 N–H and O–H groups in total. The topological polar surface area (TPSA) is 38.0 Å². The molecule has 0 heterocycles. The summed E-state index contributed by atoms with van der Waals surface area (Å²) in [7, 11) is 0. The number of nitrogens with two attached hydrogens (primary N) is 1. The summed E-state index contributed by atoms with van der Waals surface area (Å²) in [5.41, 5.74) is 6.41. The molecule has 0 aromatic carbocycles. The van der Waals surface area contributed by atoms with Gasteiger partial charge < -0.3 is 11.1 Å². The summed E-state index contributed by atoms with van der Waals surface area (Å²) in [6.45, 7) is 7.74. The third-order valence-corrected chi connectivity index (χ3v) is 3.02. The van der Waals surface area contributed by atoms with Crippen LogP contribution in [0.1, 0.15) is 46.5 Å². The third kappa shape index (κ3) is 3.65. The Balaban J connectivity index is 2.10. The van der Waals surface area contributed by atoms with Crippen molar-refractivity contribution in [1.29, 1.82) is 0 Å². The summed E-state index contributed by atoms with van der Waals surface area (Å²) < 4.78 is 0. The van der Waals surface area contributed by atoms with Gasteiger partial charge in [0.25, 0.3) is 0 Å². The van der Waals surface area contributed by atoms with Crippen molar-refractivity contribution in [1.82, 2.24) is 5.32 Å². The van der Waals surface area contributed by atoms with Gasteiger partial charge in [0.05, 0.1) is 0 Å². The zero-order chi connectivity index (χ0) is 9.90. The first-order chi connectivity index (χ1) is 6.02. The number of hydrogen-bond acceptors (Lipinski definition) is 2. The van der Waals surface area contributed by atoms with Crippen LogP contribution in [0.15, 0.2) is 0 Å². The molecule has 1 unspecified atom stereocenters. The Labute approximate surface area is 82.3 Å². The molecule has 2 nitrogen and oxygen atoms in total. The molecule has 0 spiro atoms. The summed E-state index contributed by atoms with van der Waals surface area (Å²) in [5.74, 6) is 0.714. The fourth-order valence-electron chi connectivity index (χ4n) is 1.95. The number of hydrogen-bond donors (Lipinski definition) is 2. The Hall–Kier alpha value is -0.0800. The van der Waals surface area contributed by atoms with Crippen LogP contribution in [0.2, 0.25) is 0 Å². The molecule has 0 aromatic heterocycles. The van der Waals surface area contributed by atoms with Gasteiger partial charge >= 0.3 is 0 Å². The molecular weight excluding hydrogens is 160 g/mol. The van der Waals surface area contributed by atoms with Crippen LogP contribution < -0.4 is 11.1 Å². The minimum Gasteiger partial charge on any atom is -0.327 e. The fraction of sp³-hybridized carbons (Fsp3) is 1.00. The first kappa shape index (κ1) is 11.0. The van der Waals surface area contributed by atoms with E-state index in [1.807, 2.05) is 0 Å². The maximum absolute atomic E-state index is 6.00. The standard InChI is InChI=1S/C11H24N2/c1-9(2)7-10(12)8-13-11(3)5-4-6-11/h9-10,13H,4-8,12H2,1-3H3. The molecule has 13 heavy (non-hydrogen) atoms. The summed E-state index contributed by atoms with van der Waals surface area (Å²) in [6.07, 6.45) is 5.15. The van der Waals surface area contributed by atoms with Crippen LogP contribution in [0.25, 0.3) is 0 Å². The second-order valence-corrected chi connectivity index (χ2v) is 5.18. The first-order valence-corrected chi connectivity index (χ1v) is 5.52. The molecule has 1 aliphatic rings. The molecule has 1 aliphatic carbocycles. The highest BCUT2D eigenvalue weighted by Gasteiger charge is 2.31. The Morgan fingerprint density at radius 3 is 2.38 bits per heavy atom. The van der Waals surface area contributed by atoms with Gasteiger partial charge in [-0.1, -0.05) is 13.8 Å². The van der Waals surface area contributed by atoms with Crippen molar-refractivity contribution in [2.75, 3.05) is 6.54 Å². The Morgan fingerprint density at radius 1 is 1.38 bits per heavy atom. The van der Waals surface area contributed by atoms with E-state index in [0.29, 0.717) is 17.5 Å². The van der Waals surface area contributed by atoms with E-state index >= 15 is 0 Å². The van der Waals surface area contributed by atoms with Crippen molar-refractivity contribution in [2.45, 2.75) is 58.0 Å². The van der Waals surface area contributed by atoms with Crippen LogP contribution in [0.3, 0.4) is 0 Å². The molecular formula is C11H24N2. The lowest BCUT2D eigenvalue weighted by Crippen LogP contribution is -2.52. The van der Waals surface area contributed by atoms with Gasteiger partial charge in [-0.2, -0.15) is 0 Å². The third-order valence-electron chi connectivity index (χ3n) is 3.02. The van der Waals surface area contributed by atoms with Gasteiger partial charge in [-0.25, -0.2) is 0 Å². The highest BCUT2D eigenvalue weighted by molar-refractivity contribution is 4.92. The molecule has 1 fully saturated rings. The smallest absolute Gasteiger partial charge is 0.0167 e. The van der Waals surface area contributed by atoms with Crippen LogP contribution in [-0.2, 0) is 0 Å². The summed E-state index contributed by atoms with van der Waals surface area (Å²) >= 11 is 0. The van der Waals surface area contributed by atoms with Crippen molar-refractivity contribution in [3.8, 4) is 0 Å². The molecule has 0 aliphatic heterocycles. The SMILES string of the molecule is CC(C)CC(N)CNC1(C)CCC1. The average molecular weight is 184 g/mol. The quantitative estimate of drug-likeness (QED) is 0.685. The van der Waals surface area contributed by atoms with Gasteiger partial charge in [-0.3, -0.25) is 0 Å². The van der Waals surface area contributed by atoms with E-state index < -0.39 is 0 Å². The van der Waals surface area contributed by atoms with Gasteiger partial charge in [0, 0.05) is 18.1 Å². The van der Waals surface area contributed by atoms with Crippen molar-refractivity contribution in [3.63, 3.8) is 0 Å². The van der Waals surface area contributed by atoms with E-state index in [0.717, 1.165) is 13.0 Å². The van der Waals surface area contributed by atoms with Crippen molar-refractivity contribution in [3.05, 3.63) is 0 Å². The monoisotopic (exact) mass is 184 g/mol. The zero-order valence-corrected chi connectivity index (χ0v) is 9.27. The first-order valence-electron chi connectivity index (χ1n) is 5.52. The van der Waals surface area contributed by atoms with Gasteiger partial charge in [-0.15, -0.1) is 0 Å². The largest absolute Gasteiger partial charge is 0.327 e. The lowest BCUT2D eigenvalue weighted by molar-refractivity contribution is 0.203. The van der Waals surface area contributed by atoms with Crippen LogP contribution in [-0.4, -0.2) is 18.1 Å². The second kappa shape index (κ2) is 4.43. The van der Waals surface area contributed by atoms with Gasteiger partial charge in [0.2, 0.25) is 0 Å². The normalized spacial score (nSPS) is 22.8. The Morgan fingerprint density at radius 2 is 2.00 bits per heavy atom. The molecule has 0 bridgehead atoms. The molecule has 0 amide bonds. The number of rotatable bonds is 5. The lowest BCUT2D eigenvalue weighted by atomic mass is 9.78. The van der Waals surface area contributed by atoms with Gasteiger partial charge in [0.15, 0.2) is 0 Å². The second-order valence-electron chi connectivity index (χ2n) is 5.18. The molecule has 0 radical (unpaired) electrons. The van der Waals surface area contributed by atoms with Gasteiger partial charge in [-0.05, 0) is 38.5 Å². The molecule has 1 atom stereocenters. The van der Waals surface area contributed by atoms with Crippen LogP contribution in [0.5, 0.6) is 0 Å². The zero-order valence-electron chi connectivity index (χ0n) is 9.27. The van der Waals surface area contributed by atoms with Crippen LogP contribution >= 0.6 is 0 Å². The van der Waals surface area contributed by atoms with E-state index in [9.17, 15) is 0 Å². The van der Waals surface area contributed by atoms with E-state index in [1.165, 1.54) is 19.3 Å². The molecule has 2 heteroatoms. The summed E-state index contributed by atoms with van der Waals surface area (Å²) in [6, 6.07) is 0.331. The van der Waals surface area contributed by atoms with E-state index in [2.05, 4.69) is 26.1 Å². The van der Waals surface area contributed by atoms with Crippen molar-refractivity contribution < 1.29 is 0 Å². The summed E-state index contributed by atoms with van der Waals surface area (Å²) in [5, 5.41) is 3.58. The fourth-order valence-corrected chi connectivity index (χ4v) is 1.95. The van der Waals surface area contributed by atoms with Crippen LogP contribution in [0.4, 0.5) is 0 Å². The molecule has 1 rings (SSSR count). The molecule has 78 valence electrons. The minimum atomic E-state index is 0.331. The predicted molar refractivity (Wildman–Crippen MR) is 57.7 cm³/mol. The predicted octanol–water partition coefficient (Wildman–Crippen LogP) is 1.89. The lowest BCUT2D eigenvalue weighted by Gasteiger charge is -2.40. The van der Waals surface area contributed by atoms with Crippen LogP contribution in [0, 0.1) is 5.92 Å². The van der Waals surface area contributed by atoms with E-state index in [-0.39, 0.29) is 0 Å². The maximum atomic E-state index is 6.00.